The molecule has 0 saturated heterocycles. The van der Waals surface area contributed by atoms with E-state index < -0.39 is 0 Å². The number of benzene rings is 2. The van der Waals surface area contributed by atoms with Crippen LogP contribution >= 0.6 is 11.8 Å². The second kappa shape index (κ2) is 8.71. The van der Waals surface area contributed by atoms with Gasteiger partial charge in [-0.2, -0.15) is 0 Å². The highest BCUT2D eigenvalue weighted by Gasteiger charge is 2.08. The van der Waals surface area contributed by atoms with Crippen LogP contribution in [0.3, 0.4) is 0 Å². The molecule has 0 aliphatic rings. The van der Waals surface area contributed by atoms with E-state index in [1.807, 2.05) is 31.2 Å². The van der Waals surface area contributed by atoms with E-state index in [2.05, 4.69) is 10.2 Å². The van der Waals surface area contributed by atoms with Crippen molar-refractivity contribution in [2.75, 3.05) is 0 Å². The molecule has 0 radical (unpaired) electrons. The Bertz CT molecular complexity index is 888. The minimum Gasteiger partial charge on any atom is -0.489 e. The van der Waals surface area contributed by atoms with Crippen LogP contribution in [0.25, 0.3) is 0 Å². The molecule has 1 aromatic heterocycles. The summed E-state index contributed by atoms with van der Waals surface area (Å²) in [4.78, 5) is 11.7. The van der Waals surface area contributed by atoms with E-state index >= 15 is 0 Å². The average Bonchev–Trinajstić information content (AvgIpc) is 3.01. The maximum Gasteiger partial charge on any atom is 0.343 e. The van der Waals surface area contributed by atoms with Crippen LogP contribution < -0.4 is 10.4 Å². The molecule has 0 aliphatic heterocycles. The van der Waals surface area contributed by atoms with Crippen molar-refractivity contribution in [1.82, 2.24) is 14.8 Å². The molecule has 5 nitrogen and oxygen atoms in total. The summed E-state index contributed by atoms with van der Waals surface area (Å²) < 4.78 is 20.3. The number of nitrogens with zero attached hydrogens (tertiary/aromatic N) is 2. The quantitative estimate of drug-likeness (QED) is 0.607. The van der Waals surface area contributed by atoms with E-state index in [0.29, 0.717) is 24.1 Å². The fraction of sp³-hybridized carbons (Fsp3) is 0.263. The van der Waals surface area contributed by atoms with Crippen LogP contribution in [0.2, 0.25) is 0 Å². The van der Waals surface area contributed by atoms with Gasteiger partial charge in [-0.1, -0.05) is 43.0 Å². The van der Waals surface area contributed by atoms with Gasteiger partial charge in [0.1, 0.15) is 18.2 Å². The third-order valence-corrected chi connectivity index (χ3v) is 4.83. The molecular weight excluding hydrogens is 353 g/mol. The molecule has 3 rings (SSSR count). The molecule has 0 bridgehead atoms. The molecule has 1 N–H and O–H groups in total. The van der Waals surface area contributed by atoms with Crippen molar-refractivity contribution >= 4 is 11.8 Å². The van der Waals surface area contributed by atoms with Gasteiger partial charge in [-0.25, -0.2) is 14.3 Å². The summed E-state index contributed by atoms with van der Waals surface area (Å²) in [5, 5.41) is 7.27. The molecule has 0 unspecified atom stereocenters. The maximum atomic E-state index is 12.9. The van der Waals surface area contributed by atoms with Gasteiger partial charge in [0.25, 0.3) is 0 Å². The van der Waals surface area contributed by atoms with Crippen LogP contribution in [0, 0.1) is 5.82 Å². The fourth-order valence-corrected chi connectivity index (χ4v) is 3.34. The monoisotopic (exact) mass is 373 g/mol. The van der Waals surface area contributed by atoms with Crippen LogP contribution in [0.15, 0.2) is 58.5 Å². The van der Waals surface area contributed by atoms with Gasteiger partial charge >= 0.3 is 5.69 Å². The zero-order valence-corrected chi connectivity index (χ0v) is 15.3. The number of aromatic nitrogens is 3. The van der Waals surface area contributed by atoms with E-state index in [-0.39, 0.29) is 11.5 Å². The molecular formula is C19H20FN3O2S. The van der Waals surface area contributed by atoms with E-state index in [0.717, 1.165) is 23.3 Å². The summed E-state index contributed by atoms with van der Waals surface area (Å²) in [6, 6.07) is 14.1. The molecule has 26 heavy (non-hydrogen) atoms. The number of H-pyrrole nitrogens is 1. The average molecular weight is 373 g/mol. The number of aromatic amines is 1. The Kier molecular flexibility index (Phi) is 6.12. The summed E-state index contributed by atoms with van der Waals surface area (Å²) >= 11 is 1.52. The first-order valence-corrected chi connectivity index (χ1v) is 9.38. The number of ether oxygens (including phenoxy) is 1. The lowest BCUT2D eigenvalue weighted by molar-refractivity contribution is 0.306. The van der Waals surface area contributed by atoms with Crippen LogP contribution in [-0.2, 0) is 18.9 Å². The maximum absolute atomic E-state index is 12.9. The van der Waals surface area contributed by atoms with Crippen molar-refractivity contribution < 1.29 is 9.13 Å². The first kappa shape index (κ1) is 18.3. The Morgan fingerprint density at radius 1 is 1.12 bits per heavy atom. The number of halogens is 1. The van der Waals surface area contributed by atoms with Gasteiger partial charge in [0.15, 0.2) is 5.16 Å². The molecule has 0 fully saturated rings. The van der Waals surface area contributed by atoms with Gasteiger partial charge in [0, 0.05) is 12.3 Å². The predicted octanol–water partition coefficient (Wildman–Crippen LogP) is 3.99. The Morgan fingerprint density at radius 3 is 2.50 bits per heavy atom. The van der Waals surface area contributed by atoms with Crippen molar-refractivity contribution in [3.63, 3.8) is 0 Å². The van der Waals surface area contributed by atoms with Gasteiger partial charge in [0.2, 0.25) is 0 Å². The smallest absolute Gasteiger partial charge is 0.343 e. The van der Waals surface area contributed by atoms with Crippen LogP contribution in [0.4, 0.5) is 4.39 Å². The van der Waals surface area contributed by atoms with Crippen molar-refractivity contribution in [1.29, 1.82) is 0 Å². The zero-order valence-electron chi connectivity index (χ0n) is 14.4. The summed E-state index contributed by atoms with van der Waals surface area (Å²) in [7, 11) is 0. The van der Waals surface area contributed by atoms with Crippen LogP contribution in [0.5, 0.6) is 5.75 Å². The molecule has 136 valence electrons. The Labute approximate surface area is 155 Å². The van der Waals surface area contributed by atoms with E-state index in [4.69, 9.17) is 4.74 Å². The third-order valence-electron chi connectivity index (χ3n) is 3.78. The third kappa shape index (κ3) is 4.76. The number of nitrogens with one attached hydrogen (secondary N) is 1. The summed E-state index contributed by atoms with van der Waals surface area (Å²) in [6.45, 7) is 3.08. The molecule has 2 aromatic carbocycles. The van der Waals surface area contributed by atoms with Crippen molar-refractivity contribution in [3.8, 4) is 5.75 Å². The summed E-state index contributed by atoms with van der Waals surface area (Å²) in [5.41, 5.74) is 1.86. The van der Waals surface area contributed by atoms with Gasteiger partial charge in [0.05, 0.1) is 0 Å². The van der Waals surface area contributed by atoms with Gasteiger partial charge < -0.3 is 4.74 Å². The van der Waals surface area contributed by atoms with Crippen molar-refractivity contribution in [2.24, 2.45) is 0 Å². The van der Waals surface area contributed by atoms with Crippen molar-refractivity contribution in [3.05, 3.63) is 76.0 Å². The first-order chi connectivity index (χ1) is 12.7. The molecule has 0 spiro atoms. The van der Waals surface area contributed by atoms with Gasteiger partial charge in [-0.15, -0.1) is 5.10 Å². The zero-order chi connectivity index (χ0) is 18.4. The Hall–Kier alpha value is -2.54. The van der Waals surface area contributed by atoms with Crippen molar-refractivity contribution in [2.45, 2.75) is 37.4 Å². The first-order valence-electron chi connectivity index (χ1n) is 8.40. The lowest BCUT2D eigenvalue weighted by atomic mass is 10.2. The molecule has 0 aliphatic carbocycles. The normalized spacial score (nSPS) is 10.8. The standard InChI is InChI=1S/C19H20FN3O2S/c1-2-11-23-18(24)21-22-19(23)26-13-15-5-9-17(10-6-15)25-12-14-3-7-16(20)8-4-14/h3-10H,2,11-13H2,1H3,(H,21,24). The topological polar surface area (TPSA) is 59.9 Å². The predicted molar refractivity (Wildman–Crippen MR) is 99.9 cm³/mol. The molecule has 7 heteroatoms. The molecule has 1 heterocycles. The van der Waals surface area contributed by atoms with E-state index in [1.165, 1.54) is 23.9 Å². The lowest BCUT2D eigenvalue weighted by Gasteiger charge is -2.08. The van der Waals surface area contributed by atoms with Crippen LogP contribution in [0.1, 0.15) is 24.5 Å². The van der Waals surface area contributed by atoms with Gasteiger partial charge in [-0.05, 0) is 41.8 Å². The van der Waals surface area contributed by atoms with E-state index in [1.54, 1.807) is 16.7 Å². The number of hydrogen-bond donors (Lipinski definition) is 1. The second-order valence-electron chi connectivity index (χ2n) is 5.81. The highest BCUT2D eigenvalue weighted by Crippen LogP contribution is 2.22. The largest absolute Gasteiger partial charge is 0.489 e. The number of rotatable bonds is 8. The minimum absolute atomic E-state index is 0.168. The highest BCUT2D eigenvalue weighted by atomic mass is 32.2. The minimum atomic E-state index is -0.253. The number of hydrogen-bond acceptors (Lipinski definition) is 4. The molecule has 0 atom stereocenters. The SMILES string of the molecule is CCCn1c(SCc2ccc(OCc3ccc(F)cc3)cc2)n[nH]c1=O. The van der Waals surface area contributed by atoms with Gasteiger partial charge in [-0.3, -0.25) is 4.57 Å². The molecule has 0 saturated carbocycles. The Balaban J connectivity index is 1.54. The molecule has 3 aromatic rings. The Morgan fingerprint density at radius 2 is 1.81 bits per heavy atom. The highest BCUT2D eigenvalue weighted by molar-refractivity contribution is 7.98. The second-order valence-corrected chi connectivity index (χ2v) is 6.75. The fourth-order valence-electron chi connectivity index (χ4n) is 2.41. The summed E-state index contributed by atoms with van der Waals surface area (Å²) in [5.74, 6) is 1.22. The molecule has 0 amide bonds. The summed E-state index contributed by atoms with van der Waals surface area (Å²) in [6.07, 6.45) is 0.882. The van der Waals surface area contributed by atoms with E-state index in [9.17, 15) is 9.18 Å². The van der Waals surface area contributed by atoms with Crippen LogP contribution in [-0.4, -0.2) is 14.8 Å². The lowest BCUT2D eigenvalue weighted by Crippen LogP contribution is -2.17. The number of thioether (sulfide) groups is 1.